The highest BCUT2D eigenvalue weighted by molar-refractivity contribution is 6.07. The smallest absolute Gasteiger partial charge is 0.0671 e. The molecule has 2 nitrogen and oxygen atoms in total. The first kappa shape index (κ1) is 12.2. The van der Waals surface area contributed by atoms with Crippen molar-refractivity contribution in [1.82, 2.24) is 4.90 Å². The molecule has 21 heavy (non-hydrogen) atoms. The maximum absolute atomic E-state index is 5.12. The van der Waals surface area contributed by atoms with Crippen molar-refractivity contribution in [2.24, 2.45) is 16.8 Å². The van der Waals surface area contributed by atoms with Crippen LogP contribution in [0, 0.1) is 11.8 Å². The highest BCUT2D eigenvalue weighted by Gasteiger charge is 2.61. The van der Waals surface area contributed by atoms with E-state index in [4.69, 9.17) is 4.99 Å². The Hall–Kier alpha value is -1.41. The van der Waals surface area contributed by atoms with Gasteiger partial charge in [0.1, 0.15) is 0 Å². The summed E-state index contributed by atoms with van der Waals surface area (Å²) in [5, 5.41) is 0. The lowest BCUT2D eigenvalue weighted by Gasteiger charge is -2.59. The van der Waals surface area contributed by atoms with Gasteiger partial charge in [-0.15, -0.1) is 0 Å². The fourth-order valence-corrected chi connectivity index (χ4v) is 5.67. The van der Waals surface area contributed by atoms with Crippen LogP contribution in [0.4, 0.5) is 5.69 Å². The number of piperidine rings is 2. The van der Waals surface area contributed by atoms with E-state index >= 15 is 0 Å². The third-order valence-corrected chi connectivity index (χ3v) is 6.72. The summed E-state index contributed by atoms with van der Waals surface area (Å²) in [6.07, 6.45) is 4.93. The van der Waals surface area contributed by atoms with Crippen molar-refractivity contribution in [3.05, 3.63) is 41.5 Å². The number of benzene rings is 1. The van der Waals surface area contributed by atoms with E-state index in [9.17, 15) is 0 Å². The molecule has 1 unspecified atom stereocenters. The Morgan fingerprint density at radius 1 is 1.33 bits per heavy atom. The van der Waals surface area contributed by atoms with Crippen molar-refractivity contribution in [3.63, 3.8) is 0 Å². The lowest BCUT2D eigenvalue weighted by atomic mass is 9.51. The monoisotopic (exact) mass is 278 g/mol. The highest BCUT2D eigenvalue weighted by atomic mass is 15.2. The van der Waals surface area contributed by atoms with E-state index in [0.717, 1.165) is 5.92 Å². The molecule has 2 saturated heterocycles. The van der Waals surface area contributed by atoms with Crippen LogP contribution in [0.1, 0.15) is 32.3 Å². The van der Waals surface area contributed by atoms with Gasteiger partial charge < -0.3 is 0 Å². The van der Waals surface area contributed by atoms with Gasteiger partial charge in [-0.25, -0.2) is 0 Å². The molecule has 4 aliphatic rings. The molecule has 0 radical (unpaired) electrons. The van der Waals surface area contributed by atoms with Gasteiger partial charge in [0.15, 0.2) is 0 Å². The van der Waals surface area contributed by atoms with Crippen molar-refractivity contribution in [3.8, 4) is 0 Å². The third kappa shape index (κ3) is 1.27. The van der Waals surface area contributed by atoms with Gasteiger partial charge in [0.05, 0.1) is 5.69 Å². The van der Waals surface area contributed by atoms with Crippen molar-refractivity contribution in [2.45, 2.75) is 38.1 Å². The number of allylic oxidation sites excluding steroid dienone is 1. The molecule has 3 heterocycles. The molecule has 1 aliphatic carbocycles. The second-order valence-electron chi connectivity index (χ2n) is 7.22. The summed E-state index contributed by atoms with van der Waals surface area (Å²) >= 11 is 0. The number of hydrogen-bond acceptors (Lipinski definition) is 2. The van der Waals surface area contributed by atoms with Gasteiger partial charge in [0.2, 0.25) is 0 Å². The van der Waals surface area contributed by atoms with Crippen LogP contribution >= 0.6 is 0 Å². The Labute approximate surface area is 126 Å². The van der Waals surface area contributed by atoms with Crippen LogP contribution in [0.25, 0.3) is 0 Å². The largest absolute Gasteiger partial charge is 0.291 e. The van der Waals surface area contributed by atoms with Gasteiger partial charge in [-0.1, -0.05) is 36.8 Å². The van der Waals surface area contributed by atoms with Crippen LogP contribution in [-0.2, 0) is 5.41 Å². The van der Waals surface area contributed by atoms with Crippen molar-refractivity contribution < 1.29 is 0 Å². The molecule has 3 bridgehead atoms. The standard InChI is InChI=1S/C19H22N2/c1-3-13-11-21-9-8-19-12(2)14(13)10-17(21)18(19)20-16-7-5-4-6-15(16)19/h3-7,12,14,17H,8-11H2,1-2H3/t12?,14-,17+,19-/m1/s1. The molecule has 0 N–H and O–H groups in total. The van der Waals surface area contributed by atoms with Crippen LogP contribution in [0.5, 0.6) is 0 Å². The summed E-state index contributed by atoms with van der Waals surface area (Å²) in [5.41, 5.74) is 6.15. The molecular formula is C19H22N2. The molecule has 1 aromatic carbocycles. The zero-order chi connectivity index (χ0) is 14.2. The third-order valence-electron chi connectivity index (χ3n) is 6.72. The number of nitrogens with zero attached hydrogens (tertiary/aromatic N) is 2. The molecule has 2 heteroatoms. The summed E-state index contributed by atoms with van der Waals surface area (Å²) in [5.74, 6) is 1.44. The molecule has 0 amide bonds. The van der Waals surface area contributed by atoms with E-state index in [-0.39, 0.29) is 5.41 Å². The molecule has 1 saturated carbocycles. The highest BCUT2D eigenvalue weighted by Crippen LogP contribution is 2.59. The molecule has 4 atom stereocenters. The summed E-state index contributed by atoms with van der Waals surface area (Å²) in [6.45, 7) is 7.11. The normalized spacial score (nSPS) is 41.9. The predicted molar refractivity (Wildman–Crippen MR) is 86.2 cm³/mol. The Morgan fingerprint density at radius 2 is 2.19 bits per heavy atom. The summed E-state index contributed by atoms with van der Waals surface area (Å²) in [6, 6.07) is 9.49. The first-order valence-electron chi connectivity index (χ1n) is 8.33. The van der Waals surface area contributed by atoms with Crippen LogP contribution in [-0.4, -0.2) is 29.7 Å². The number of para-hydroxylation sites is 1. The molecule has 0 spiro atoms. The minimum Gasteiger partial charge on any atom is -0.291 e. The summed E-state index contributed by atoms with van der Waals surface area (Å²) in [4.78, 5) is 7.81. The molecule has 0 aromatic heterocycles. The maximum Gasteiger partial charge on any atom is 0.0671 e. The SMILES string of the molecule is CC=C1CN2CC[C@]34C(=Nc5ccccc53)[C@@H]2C[C@@H]1C4C. The van der Waals surface area contributed by atoms with E-state index in [1.165, 1.54) is 42.9 Å². The van der Waals surface area contributed by atoms with Crippen molar-refractivity contribution in [2.75, 3.05) is 13.1 Å². The topological polar surface area (TPSA) is 15.6 Å². The van der Waals surface area contributed by atoms with E-state index < -0.39 is 0 Å². The van der Waals surface area contributed by atoms with Gasteiger partial charge >= 0.3 is 0 Å². The Morgan fingerprint density at radius 3 is 3.05 bits per heavy atom. The first-order valence-corrected chi connectivity index (χ1v) is 8.33. The zero-order valence-corrected chi connectivity index (χ0v) is 12.8. The fraction of sp³-hybridized carbons (Fsp3) is 0.526. The molecule has 108 valence electrons. The summed E-state index contributed by atoms with van der Waals surface area (Å²) < 4.78 is 0. The lowest BCUT2D eigenvalue weighted by Crippen LogP contribution is -2.66. The molecule has 5 rings (SSSR count). The average Bonchev–Trinajstić information content (AvgIpc) is 2.88. The van der Waals surface area contributed by atoms with Crippen LogP contribution < -0.4 is 0 Å². The molecular weight excluding hydrogens is 256 g/mol. The van der Waals surface area contributed by atoms with Crippen LogP contribution in [0.2, 0.25) is 0 Å². The van der Waals surface area contributed by atoms with E-state index in [1.54, 1.807) is 5.57 Å². The van der Waals surface area contributed by atoms with Gasteiger partial charge in [-0.05, 0) is 43.2 Å². The quantitative estimate of drug-likeness (QED) is 0.661. The molecule has 3 aliphatic heterocycles. The number of rotatable bonds is 0. The van der Waals surface area contributed by atoms with Crippen LogP contribution in [0.3, 0.4) is 0 Å². The van der Waals surface area contributed by atoms with Gasteiger partial charge in [0.25, 0.3) is 0 Å². The first-order chi connectivity index (χ1) is 10.3. The van der Waals surface area contributed by atoms with Gasteiger partial charge in [0, 0.05) is 30.3 Å². The fourth-order valence-electron chi connectivity index (χ4n) is 5.67. The Kier molecular flexibility index (Phi) is 2.24. The molecule has 3 fully saturated rings. The lowest BCUT2D eigenvalue weighted by molar-refractivity contribution is 0.0669. The van der Waals surface area contributed by atoms with Crippen LogP contribution in [0.15, 0.2) is 40.9 Å². The van der Waals surface area contributed by atoms with Crippen molar-refractivity contribution >= 4 is 11.4 Å². The zero-order valence-electron chi connectivity index (χ0n) is 12.8. The Balaban J connectivity index is 1.77. The predicted octanol–water partition coefficient (Wildman–Crippen LogP) is 3.70. The summed E-state index contributed by atoms with van der Waals surface area (Å²) in [7, 11) is 0. The maximum atomic E-state index is 5.12. The Bertz CT molecular complexity index is 687. The minimum absolute atomic E-state index is 0.232. The number of hydrogen-bond donors (Lipinski definition) is 0. The van der Waals surface area contributed by atoms with Crippen molar-refractivity contribution in [1.29, 1.82) is 0 Å². The van der Waals surface area contributed by atoms with E-state index in [0.29, 0.717) is 12.0 Å². The van der Waals surface area contributed by atoms with E-state index in [2.05, 4.69) is 49.1 Å². The molecule has 1 aromatic rings. The van der Waals surface area contributed by atoms with E-state index in [1.807, 2.05) is 0 Å². The number of fused-ring (bicyclic) bond motifs is 2. The second kappa shape index (κ2) is 3.86. The average molecular weight is 278 g/mol. The van der Waals surface area contributed by atoms with Gasteiger partial charge in [-0.3, -0.25) is 9.89 Å². The number of aliphatic imine (C=N–C) groups is 1. The van der Waals surface area contributed by atoms with Gasteiger partial charge in [-0.2, -0.15) is 0 Å². The second-order valence-corrected chi connectivity index (χ2v) is 7.22. The minimum atomic E-state index is 0.232.